The molecule has 100 valence electrons. The van der Waals surface area contributed by atoms with Gasteiger partial charge >= 0.3 is 5.97 Å². The summed E-state index contributed by atoms with van der Waals surface area (Å²) in [5.41, 5.74) is 0.497. The lowest BCUT2D eigenvalue weighted by molar-refractivity contribution is -0.140. The van der Waals surface area contributed by atoms with Gasteiger partial charge in [-0.2, -0.15) is 0 Å². The van der Waals surface area contributed by atoms with Gasteiger partial charge < -0.3 is 14.9 Å². The van der Waals surface area contributed by atoms with Gasteiger partial charge in [0.05, 0.1) is 12.5 Å². The molecular weight excluding hydrogens is 236 g/mol. The average molecular weight is 254 g/mol. The molecule has 1 rings (SSSR count). The number of carbonyl (C=O) groups excluding carboxylic acids is 1. The smallest absolute Gasteiger partial charge is 0.305 e. The van der Waals surface area contributed by atoms with Gasteiger partial charge in [0, 0.05) is 5.56 Å². The van der Waals surface area contributed by atoms with E-state index in [9.17, 15) is 14.7 Å². The van der Waals surface area contributed by atoms with Crippen LogP contribution in [-0.2, 0) is 4.79 Å². The monoisotopic (exact) mass is 254 g/mol. The van der Waals surface area contributed by atoms with Crippen LogP contribution >= 0.6 is 0 Å². The molecule has 0 atom stereocenters. The Morgan fingerprint density at radius 3 is 2.39 bits per heavy atom. The summed E-state index contributed by atoms with van der Waals surface area (Å²) in [5, 5.41) is 17.2. The van der Waals surface area contributed by atoms with Crippen molar-refractivity contribution in [3.63, 3.8) is 0 Å². The van der Waals surface area contributed by atoms with E-state index in [4.69, 9.17) is 9.84 Å². The molecule has 0 spiro atoms. The lowest BCUT2D eigenvalue weighted by Gasteiger charge is -2.04. The van der Waals surface area contributed by atoms with E-state index in [-0.39, 0.29) is 11.7 Å². The molecule has 0 radical (unpaired) electrons. The highest BCUT2D eigenvalue weighted by Crippen LogP contribution is 2.25. The van der Waals surface area contributed by atoms with Crippen molar-refractivity contribution in [2.24, 2.45) is 5.92 Å². The maximum absolute atomic E-state index is 10.3. The Bertz CT molecular complexity index is 398. The van der Waals surface area contributed by atoms with Gasteiger partial charge in [-0.3, -0.25) is 9.59 Å². The second-order valence-electron chi connectivity index (χ2n) is 3.77. The number of ether oxygens (including phenoxy) is 1. The largest absolute Gasteiger partial charge is 0.504 e. The molecule has 5 nitrogen and oxygen atoms in total. The van der Waals surface area contributed by atoms with E-state index in [0.717, 1.165) is 0 Å². The molecule has 0 aromatic heterocycles. The number of carbonyl (C=O) groups is 2. The molecule has 0 saturated heterocycles. The van der Waals surface area contributed by atoms with Crippen LogP contribution in [0.5, 0.6) is 11.5 Å². The molecule has 1 aromatic rings. The molecule has 1 aromatic carbocycles. The summed E-state index contributed by atoms with van der Waals surface area (Å²) in [5.74, 6) is -0.565. The number of rotatable bonds is 4. The molecule has 18 heavy (non-hydrogen) atoms. The Morgan fingerprint density at radius 1 is 1.44 bits per heavy atom. The number of aldehydes is 1. The fourth-order valence-electron chi connectivity index (χ4n) is 0.875. The van der Waals surface area contributed by atoms with Crippen molar-refractivity contribution in [3.05, 3.63) is 23.8 Å². The fraction of sp³-hybridized carbons (Fsp3) is 0.385. The topological polar surface area (TPSA) is 83.8 Å². The van der Waals surface area contributed by atoms with Crippen molar-refractivity contribution in [1.29, 1.82) is 0 Å². The summed E-state index contributed by atoms with van der Waals surface area (Å²) in [6.45, 7) is 5.56. The SMILES string of the molecule is CC(C)C(=O)O.CCOc1cc(C=O)ccc1O. The average Bonchev–Trinajstić information content (AvgIpc) is 2.33. The van der Waals surface area contributed by atoms with Crippen molar-refractivity contribution in [2.45, 2.75) is 20.8 Å². The number of aromatic hydroxyl groups is 1. The van der Waals surface area contributed by atoms with Crippen molar-refractivity contribution >= 4 is 12.3 Å². The molecule has 0 aliphatic carbocycles. The van der Waals surface area contributed by atoms with Crippen LogP contribution in [0.15, 0.2) is 18.2 Å². The Balaban J connectivity index is 0.000000411. The third-order valence-electron chi connectivity index (χ3n) is 1.91. The lowest BCUT2D eigenvalue weighted by atomic mass is 10.2. The number of hydrogen-bond acceptors (Lipinski definition) is 4. The first kappa shape index (κ1) is 16.0. The van der Waals surface area contributed by atoms with Crippen molar-refractivity contribution in [2.75, 3.05) is 6.61 Å². The highest BCUT2D eigenvalue weighted by Gasteiger charge is 2.01. The molecule has 0 bridgehead atoms. The van der Waals surface area contributed by atoms with E-state index in [1.54, 1.807) is 13.8 Å². The van der Waals surface area contributed by atoms with E-state index >= 15 is 0 Å². The molecule has 2 N–H and O–H groups in total. The molecule has 0 fully saturated rings. The first-order chi connectivity index (χ1) is 8.42. The number of phenols is 1. The summed E-state index contributed by atoms with van der Waals surface area (Å²) >= 11 is 0. The summed E-state index contributed by atoms with van der Waals surface area (Å²) < 4.78 is 5.07. The third kappa shape index (κ3) is 5.89. The van der Waals surface area contributed by atoms with Crippen LogP contribution in [-0.4, -0.2) is 29.1 Å². The zero-order valence-electron chi connectivity index (χ0n) is 10.7. The molecule has 0 aliphatic rings. The van der Waals surface area contributed by atoms with Crippen LogP contribution in [0.3, 0.4) is 0 Å². The van der Waals surface area contributed by atoms with Crippen LogP contribution in [0.25, 0.3) is 0 Å². The summed E-state index contributed by atoms with van der Waals surface area (Å²) in [7, 11) is 0. The van der Waals surface area contributed by atoms with Crippen LogP contribution in [0.2, 0.25) is 0 Å². The van der Waals surface area contributed by atoms with Gasteiger partial charge in [0.1, 0.15) is 6.29 Å². The zero-order chi connectivity index (χ0) is 14.1. The van der Waals surface area contributed by atoms with E-state index in [1.165, 1.54) is 18.2 Å². The Kier molecular flexibility index (Phi) is 7.19. The van der Waals surface area contributed by atoms with Crippen molar-refractivity contribution < 1.29 is 24.5 Å². The third-order valence-corrected chi connectivity index (χ3v) is 1.91. The maximum atomic E-state index is 10.3. The van der Waals surface area contributed by atoms with E-state index < -0.39 is 5.97 Å². The van der Waals surface area contributed by atoms with Gasteiger partial charge in [0.2, 0.25) is 0 Å². The number of carboxylic acid groups (broad SMARTS) is 1. The molecule has 0 heterocycles. The van der Waals surface area contributed by atoms with Gasteiger partial charge in [-0.25, -0.2) is 0 Å². The highest BCUT2D eigenvalue weighted by atomic mass is 16.5. The normalized spacial score (nSPS) is 9.33. The van der Waals surface area contributed by atoms with E-state index in [2.05, 4.69) is 0 Å². The predicted octanol–water partition coefficient (Wildman–Crippen LogP) is 2.33. The molecule has 0 amide bonds. The number of benzene rings is 1. The Morgan fingerprint density at radius 2 is 2.00 bits per heavy atom. The first-order valence-corrected chi connectivity index (χ1v) is 5.56. The van der Waals surface area contributed by atoms with Crippen LogP contribution in [0, 0.1) is 5.92 Å². The van der Waals surface area contributed by atoms with E-state index in [1.807, 2.05) is 6.92 Å². The molecule has 0 unspecified atom stereocenters. The quantitative estimate of drug-likeness (QED) is 0.805. The lowest BCUT2D eigenvalue weighted by Crippen LogP contribution is -2.03. The fourth-order valence-corrected chi connectivity index (χ4v) is 0.875. The molecular formula is C13H18O5. The Hall–Kier alpha value is -2.04. The summed E-state index contributed by atoms with van der Waals surface area (Å²) in [6.07, 6.45) is 0.710. The van der Waals surface area contributed by atoms with Gasteiger partial charge in [-0.05, 0) is 25.1 Å². The summed E-state index contributed by atoms with van der Waals surface area (Å²) in [4.78, 5) is 20.0. The zero-order valence-corrected chi connectivity index (χ0v) is 10.7. The van der Waals surface area contributed by atoms with Gasteiger partial charge in [-0.15, -0.1) is 0 Å². The standard InChI is InChI=1S/C9H10O3.C4H8O2/c1-2-12-9-5-7(6-10)3-4-8(9)11;1-3(2)4(5)6/h3-6,11H,2H2,1H3;3H,1-2H3,(H,5,6). The number of phenolic OH excluding ortho intramolecular Hbond substituents is 1. The molecule has 0 saturated carbocycles. The number of hydrogen-bond donors (Lipinski definition) is 2. The highest BCUT2D eigenvalue weighted by molar-refractivity contribution is 5.76. The molecule has 0 aliphatic heterocycles. The van der Waals surface area contributed by atoms with Gasteiger partial charge in [0.15, 0.2) is 11.5 Å². The first-order valence-electron chi connectivity index (χ1n) is 5.56. The minimum absolute atomic E-state index is 0.0578. The predicted molar refractivity (Wildman–Crippen MR) is 67.1 cm³/mol. The van der Waals surface area contributed by atoms with Crippen molar-refractivity contribution in [1.82, 2.24) is 0 Å². The second-order valence-corrected chi connectivity index (χ2v) is 3.77. The van der Waals surface area contributed by atoms with Crippen molar-refractivity contribution in [3.8, 4) is 11.5 Å². The minimum atomic E-state index is -0.741. The number of carboxylic acids is 1. The van der Waals surface area contributed by atoms with Crippen LogP contribution in [0.4, 0.5) is 0 Å². The second kappa shape index (κ2) is 8.11. The minimum Gasteiger partial charge on any atom is -0.504 e. The number of aliphatic carboxylic acids is 1. The van der Waals surface area contributed by atoms with Crippen LogP contribution < -0.4 is 4.74 Å². The Labute approximate surface area is 106 Å². The van der Waals surface area contributed by atoms with Crippen LogP contribution in [0.1, 0.15) is 31.1 Å². The molecule has 5 heteroatoms. The van der Waals surface area contributed by atoms with Gasteiger partial charge in [-0.1, -0.05) is 13.8 Å². The van der Waals surface area contributed by atoms with Gasteiger partial charge in [0.25, 0.3) is 0 Å². The maximum Gasteiger partial charge on any atom is 0.305 e. The van der Waals surface area contributed by atoms with E-state index in [0.29, 0.717) is 24.2 Å². The summed E-state index contributed by atoms with van der Waals surface area (Å²) in [6, 6.07) is 4.48.